The van der Waals surface area contributed by atoms with Crippen LogP contribution in [0.1, 0.15) is 63.3 Å². The SMILES string of the molecule is CCOC1(c2ncc(CNCC(C)C)s2)CCC(C)CC1. The number of thiazole rings is 1. The molecule has 1 heterocycles. The van der Waals surface area contributed by atoms with E-state index in [4.69, 9.17) is 9.72 Å². The van der Waals surface area contributed by atoms with Crippen LogP contribution in [0.3, 0.4) is 0 Å². The number of nitrogens with one attached hydrogen (secondary N) is 1. The van der Waals surface area contributed by atoms with Gasteiger partial charge < -0.3 is 10.1 Å². The van der Waals surface area contributed by atoms with Gasteiger partial charge in [0.05, 0.1) is 0 Å². The van der Waals surface area contributed by atoms with E-state index in [-0.39, 0.29) is 5.60 Å². The van der Waals surface area contributed by atoms with Crippen molar-refractivity contribution in [1.82, 2.24) is 10.3 Å². The first-order valence-corrected chi connectivity index (χ1v) is 9.17. The van der Waals surface area contributed by atoms with Gasteiger partial charge in [-0.3, -0.25) is 0 Å². The van der Waals surface area contributed by atoms with E-state index in [1.165, 1.54) is 22.7 Å². The minimum absolute atomic E-state index is 0.109. The van der Waals surface area contributed by atoms with Crippen molar-refractivity contribution >= 4 is 11.3 Å². The Morgan fingerprint density at radius 1 is 1.43 bits per heavy atom. The third-order valence-corrected chi connectivity index (χ3v) is 5.48. The Balaban J connectivity index is 2.02. The van der Waals surface area contributed by atoms with Gasteiger partial charge in [0, 0.05) is 24.2 Å². The van der Waals surface area contributed by atoms with Gasteiger partial charge in [-0.25, -0.2) is 4.98 Å². The number of rotatable bonds is 7. The van der Waals surface area contributed by atoms with Crippen molar-refractivity contribution in [3.8, 4) is 0 Å². The molecule has 3 nitrogen and oxygen atoms in total. The highest BCUT2D eigenvalue weighted by Crippen LogP contribution is 2.43. The molecule has 120 valence electrons. The molecule has 0 bridgehead atoms. The molecule has 0 saturated heterocycles. The van der Waals surface area contributed by atoms with Crippen molar-refractivity contribution < 1.29 is 4.74 Å². The zero-order valence-electron chi connectivity index (χ0n) is 13.9. The van der Waals surface area contributed by atoms with Crippen LogP contribution in [0.4, 0.5) is 0 Å². The van der Waals surface area contributed by atoms with Gasteiger partial charge in [0.25, 0.3) is 0 Å². The van der Waals surface area contributed by atoms with E-state index < -0.39 is 0 Å². The number of hydrogen-bond acceptors (Lipinski definition) is 4. The van der Waals surface area contributed by atoms with Gasteiger partial charge in [-0.1, -0.05) is 20.8 Å². The summed E-state index contributed by atoms with van der Waals surface area (Å²) in [7, 11) is 0. The first-order valence-electron chi connectivity index (χ1n) is 8.35. The zero-order valence-corrected chi connectivity index (χ0v) is 14.8. The summed E-state index contributed by atoms with van der Waals surface area (Å²) in [5.41, 5.74) is -0.109. The van der Waals surface area contributed by atoms with Crippen LogP contribution in [-0.4, -0.2) is 18.1 Å². The predicted molar refractivity (Wildman–Crippen MR) is 89.6 cm³/mol. The van der Waals surface area contributed by atoms with E-state index in [9.17, 15) is 0 Å². The van der Waals surface area contributed by atoms with Crippen molar-refractivity contribution in [2.24, 2.45) is 11.8 Å². The Morgan fingerprint density at radius 2 is 2.14 bits per heavy atom. The van der Waals surface area contributed by atoms with Gasteiger partial charge in [-0.05, 0) is 51.0 Å². The van der Waals surface area contributed by atoms with E-state index in [0.29, 0.717) is 5.92 Å². The number of aromatic nitrogens is 1. The Morgan fingerprint density at radius 3 is 2.76 bits per heavy atom. The van der Waals surface area contributed by atoms with Gasteiger partial charge in [0.1, 0.15) is 10.6 Å². The highest BCUT2D eigenvalue weighted by atomic mass is 32.1. The fraction of sp³-hybridized carbons (Fsp3) is 0.824. The lowest BCUT2D eigenvalue weighted by Gasteiger charge is -2.37. The Labute approximate surface area is 133 Å². The number of nitrogens with zero attached hydrogens (tertiary/aromatic N) is 1. The number of ether oxygens (including phenoxy) is 1. The van der Waals surface area contributed by atoms with E-state index >= 15 is 0 Å². The van der Waals surface area contributed by atoms with E-state index in [1.807, 2.05) is 17.5 Å². The van der Waals surface area contributed by atoms with Gasteiger partial charge in [0.2, 0.25) is 0 Å². The summed E-state index contributed by atoms with van der Waals surface area (Å²) in [5, 5.41) is 4.69. The molecule has 0 amide bonds. The summed E-state index contributed by atoms with van der Waals surface area (Å²) >= 11 is 1.83. The third-order valence-electron chi connectivity index (χ3n) is 4.30. The van der Waals surface area contributed by atoms with Crippen molar-refractivity contribution in [2.75, 3.05) is 13.2 Å². The molecule has 0 unspecified atom stereocenters. The minimum atomic E-state index is -0.109. The summed E-state index contributed by atoms with van der Waals surface area (Å²) in [6, 6.07) is 0. The Bertz CT molecular complexity index is 422. The molecule has 1 aromatic heterocycles. The fourth-order valence-electron chi connectivity index (χ4n) is 3.01. The normalized spacial score (nSPS) is 26.4. The molecule has 0 aromatic carbocycles. The quantitative estimate of drug-likeness (QED) is 0.814. The van der Waals surface area contributed by atoms with Gasteiger partial charge in [0.15, 0.2) is 0 Å². The van der Waals surface area contributed by atoms with E-state index in [1.54, 1.807) is 0 Å². The highest BCUT2D eigenvalue weighted by Gasteiger charge is 2.39. The minimum Gasteiger partial charge on any atom is -0.368 e. The lowest BCUT2D eigenvalue weighted by Crippen LogP contribution is -2.34. The smallest absolute Gasteiger partial charge is 0.125 e. The van der Waals surface area contributed by atoms with Crippen LogP contribution in [0.15, 0.2) is 6.20 Å². The maximum Gasteiger partial charge on any atom is 0.125 e. The van der Waals surface area contributed by atoms with Crippen molar-refractivity contribution in [1.29, 1.82) is 0 Å². The Hall–Kier alpha value is -0.450. The monoisotopic (exact) mass is 310 g/mol. The predicted octanol–water partition coefficient (Wildman–Crippen LogP) is 4.33. The van der Waals surface area contributed by atoms with Gasteiger partial charge >= 0.3 is 0 Å². The second kappa shape index (κ2) is 7.70. The van der Waals surface area contributed by atoms with E-state index in [0.717, 1.165) is 38.5 Å². The Kier molecular flexibility index (Phi) is 6.20. The molecule has 1 aliphatic rings. The largest absolute Gasteiger partial charge is 0.368 e. The third kappa shape index (κ3) is 4.51. The van der Waals surface area contributed by atoms with Gasteiger partial charge in [-0.2, -0.15) is 0 Å². The van der Waals surface area contributed by atoms with Crippen molar-refractivity contribution in [3.05, 3.63) is 16.1 Å². The standard InChI is InChI=1S/C17H30N2OS/c1-5-20-17(8-6-14(4)7-9-17)16-19-12-15(21-16)11-18-10-13(2)3/h12-14,18H,5-11H2,1-4H3. The molecule has 2 rings (SSSR count). The van der Waals surface area contributed by atoms with Gasteiger partial charge in [-0.15, -0.1) is 11.3 Å². The zero-order chi connectivity index (χ0) is 15.3. The van der Waals surface area contributed by atoms with Crippen LogP contribution in [0.25, 0.3) is 0 Å². The summed E-state index contributed by atoms with van der Waals surface area (Å²) in [6.07, 6.45) is 6.77. The average Bonchev–Trinajstić information content (AvgIpc) is 2.91. The molecule has 4 heteroatoms. The molecule has 1 fully saturated rings. The summed E-state index contributed by atoms with van der Waals surface area (Å²) in [6.45, 7) is 11.7. The average molecular weight is 311 g/mol. The second-order valence-corrected chi connectivity index (χ2v) is 7.88. The molecule has 1 aliphatic carbocycles. The van der Waals surface area contributed by atoms with Crippen molar-refractivity contribution in [2.45, 2.75) is 65.5 Å². The van der Waals surface area contributed by atoms with Crippen LogP contribution >= 0.6 is 11.3 Å². The second-order valence-electron chi connectivity index (χ2n) is 6.77. The summed E-state index contributed by atoms with van der Waals surface area (Å²) in [5.74, 6) is 1.51. The maximum absolute atomic E-state index is 6.19. The van der Waals surface area contributed by atoms with Crippen LogP contribution in [0.5, 0.6) is 0 Å². The van der Waals surface area contributed by atoms with Crippen molar-refractivity contribution in [3.63, 3.8) is 0 Å². The topological polar surface area (TPSA) is 34.1 Å². The lowest BCUT2D eigenvalue weighted by molar-refractivity contribution is -0.0776. The molecule has 0 spiro atoms. The molecule has 0 aliphatic heterocycles. The van der Waals surface area contributed by atoms with Crippen LogP contribution < -0.4 is 5.32 Å². The van der Waals surface area contributed by atoms with Crippen LogP contribution in [-0.2, 0) is 16.9 Å². The van der Waals surface area contributed by atoms with Crippen LogP contribution in [0.2, 0.25) is 0 Å². The molecule has 1 saturated carbocycles. The maximum atomic E-state index is 6.19. The molecule has 0 atom stereocenters. The number of hydrogen-bond donors (Lipinski definition) is 1. The summed E-state index contributed by atoms with van der Waals surface area (Å²) < 4.78 is 6.19. The fourth-order valence-corrected chi connectivity index (χ4v) is 4.09. The van der Waals surface area contributed by atoms with Crippen LogP contribution in [0, 0.1) is 11.8 Å². The summed E-state index contributed by atoms with van der Waals surface area (Å²) in [4.78, 5) is 6.03. The van der Waals surface area contributed by atoms with E-state index in [2.05, 4.69) is 33.0 Å². The first kappa shape index (κ1) is 16.9. The molecule has 1 aromatic rings. The molecular formula is C17H30N2OS. The molecule has 21 heavy (non-hydrogen) atoms. The highest BCUT2D eigenvalue weighted by molar-refractivity contribution is 7.11. The lowest BCUT2D eigenvalue weighted by atomic mass is 9.80. The molecular weight excluding hydrogens is 280 g/mol. The first-order chi connectivity index (χ1) is 10.1. The molecule has 0 radical (unpaired) electrons. The molecule has 1 N–H and O–H groups in total.